The molecule has 1 aliphatic heterocycles. The van der Waals surface area contributed by atoms with Gasteiger partial charge in [0.05, 0.1) is 13.2 Å². The second-order valence-electron chi connectivity index (χ2n) is 7.80. The third-order valence-electron chi connectivity index (χ3n) is 5.84. The van der Waals surface area contributed by atoms with Crippen molar-refractivity contribution in [2.45, 2.75) is 51.6 Å². The van der Waals surface area contributed by atoms with Crippen LogP contribution in [0.2, 0.25) is 0 Å². The van der Waals surface area contributed by atoms with Crippen LogP contribution in [-0.2, 0) is 17.8 Å². The molecular formula is C22H36N4O. The Labute approximate surface area is 164 Å². The van der Waals surface area contributed by atoms with Crippen LogP contribution in [0.1, 0.15) is 49.7 Å². The normalized spacial score (nSPS) is 19.4. The first-order chi connectivity index (χ1) is 13.3. The highest BCUT2D eigenvalue weighted by Crippen LogP contribution is 2.28. The zero-order valence-corrected chi connectivity index (χ0v) is 16.9. The van der Waals surface area contributed by atoms with E-state index in [9.17, 15) is 0 Å². The third-order valence-corrected chi connectivity index (χ3v) is 5.84. The first-order valence-corrected chi connectivity index (χ1v) is 10.7. The van der Waals surface area contributed by atoms with E-state index in [0.717, 1.165) is 57.8 Å². The quantitative estimate of drug-likeness (QED) is 0.418. The number of guanidine groups is 1. The van der Waals surface area contributed by atoms with Crippen molar-refractivity contribution in [1.82, 2.24) is 15.5 Å². The minimum Gasteiger partial charge on any atom is -0.379 e. The predicted octanol–water partition coefficient (Wildman–Crippen LogP) is 3.15. The van der Waals surface area contributed by atoms with Crippen molar-refractivity contribution in [3.8, 4) is 0 Å². The van der Waals surface area contributed by atoms with Crippen LogP contribution in [0.5, 0.6) is 0 Å². The zero-order chi connectivity index (χ0) is 18.7. The summed E-state index contributed by atoms with van der Waals surface area (Å²) in [5, 5.41) is 6.96. The molecule has 3 rings (SSSR count). The van der Waals surface area contributed by atoms with Gasteiger partial charge in [0.1, 0.15) is 0 Å². The van der Waals surface area contributed by atoms with E-state index in [1.165, 1.54) is 49.7 Å². The molecule has 0 atom stereocenters. The molecule has 5 nitrogen and oxygen atoms in total. The second-order valence-corrected chi connectivity index (χ2v) is 7.80. The van der Waals surface area contributed by atoms with E-state index in [-0.39, 0.29) is 0 Å². The largest absolute Gasteiger partial charge is 0.379 e. The predicted molar refractivity (Wildman–Crippen MR) is 112 cm³/mol. The number of rotatable bonds is 8. The molecule has 0 aromatic heterocycles. The van der Waals surface area contributed by atoms with E-state index in [4.69, 9.17) is 4.74 Å². The van der Waals surface area contributed by atoms with Crippen molar-refractivity contribution in [3.05, 3.63) is 35.4 Å². The molecule has 0 spiro atoms. The molecule has 0 unspecified atom stereocenters. The standard InChI is InChI=1S/C22H36N4O/c1-23-22(24-12-6-9-19-7-2-3-8-19)25-17-20-10-4-5-11-21(20)18-26-13-15-27-16-14-26/h4-5,10-11,19H,2-3,6-9,12-18H2,1H3,(H2,23,24,25). The first kappa shape index (κ1) is 20.2. The molecule has 2 aliphatic rings. The van der Waals surface area contributed by atoms with Crippen LogP contribution in [0.15, 0.2) is 29.3 Å². The van der Waals surface area contributed by atoms with Gasteiger partial charge in [0.25, 0.3) is 0 Å². The lowest BCUT2D eigenvalue weighted by Gasteiger charge is -2.27. The number of morpholine rings is 1. The van der Waals surface area contributed by atoms with Crippen LogP contribution in [-0.4, -0.2) is 50.8 Å². The lowest BCUT2D eigenvalue weighted by molar-refractivity contribution is 0.0341. The Hall–Kier alpha value is -1.59. The second kappa shape index (κ2) is 11.3. The molecule has 1 saturated heterocycles. The van der Waals surface area contributed by atoms with Crippen molar-refractivity contribution in [1.29, 1.82) is 0 Å². The highest BCUT2D eigenvalue weighted by molar-refractivity contribution is 5.79. The molecule has 1 heterocycles. The fraction of sp³-hybridized carbons (Fsp3) is 0.682. The van der Waals surface area contributed by atoms with Crippen LogP contribution in [0.25, 0.3) is 0 Å². The maximum Gasteiger partial charge on any atom is 0.191 e. The summed E-state index contributed by atoms with van der Waals surface area (Å²) in [7, 11) is 1.85. The van der Waals surface area contributed by atoms with Crippen LogP contribution in [0.3, 0.4) is 0 Å². The van der Waals surface area contributed by atoms with Gasteiger partial charge in [0.15, 0.2) is 5.96 Å². The lowest BCUT2D eigenvalue weighted by Crippen LogP contribution is -2.38. The van der Waals surface area contributed by atoms with E-state index in [1.807, 2.05) is 7.05 Å². The molecule has 1 aromatic carbocycles. The summed E-state index contributed by atoms with van der Waals surface area (Å²) in [5.74, 6) is 1.87. The van der Waals surface area contributed by atoms with E-state index in [0.29, 0.717) is 0 Å². The lowest BCUT2D eigenvalue weighted by atomic mass is 10.0. The van der Waals surface area contributed by atoms with Crippen LogP contribution < -0.4 is 10.6 Å². The van der Waals surface area contributed by atoms with Crippen molar-refractivity contribution in [3.63, 3.8) is 0 Å². The fourth-order valence-electron chi connectivity index (χ4n) is 4.18. The van der Waals surface area contributed by atoms with E-state index >= 15 is 0 Å². The summed E-state index contributed by atoms with van der Waals surface area (Å²) in [4.78, 5) is 6.86. The van der Waals surface area contributed by atoms with Gasteiger partial charge in [-0.15, -0.1) is 0 Å². The molecule has 0 amide bonds. The zero-order valence-electron chi connectivity index (χ0n) is 16.9. The summed E-state index contributed by atoms with van der Waals surface area (Å²) in [6.07, 6.45) is 8.33. The number of hydrogen-bond donors (Lipinski definition) is 2. The highest BCUT2D eigenvalue weighted by atomic mass is 16.5. The highest BCUT2D eigenvalue weighted by Gasteiger charge is 2.14. The molecule has 0 bridgehead atoms. The van der Waals surface area contributed by atoms with Crippen LogP contribution in [0.4, 0.5) is 0 Å². The summed E-state index contributed by atoms with van der Waals surface area (Å²) < 4.78 is 5.46. The average Bonchev–Trinajstić information content (AvgIpc) is 3.23. The molecule has 1 aromatic rings. The Morgan fingerprint density at radius 2 is 1.85 bits per heavy atom. The molecule has 27 heavy (non-hydrogen) atoms. The van der Waals surface area contributed by atoms with Crippen molar-refractivity contribution < 1.29 is 4.74 Å². The van der Waals surface area contributed by atoms with Gasteiger partial charge in [-0.1, -0.05) is 49.9 Å². The van der Waals surface area contributed by atoms with Gasteiger partial charge < -0.3 is 15.4 Å². The summed E-state index contributed by atoms with van der Waals surface area (Å²) in [6.45, 7) is 6.54. The number of nitrogens with zero attached hydrogens (tertiary/aromatic N) is 2. The SMILES string of the molecule is CN=C(NCCCC1CCCC1)NCc1ccccc1CN1CCOCC1. The van der Waals surface area contributed by atoms with Crippen LogP contribution in [0, 0.1) is 5.92 Å². The van der Waals surface area contributed by atoms with E-state index in [1.54, 1.807) is 0 Å². The minimum absolute atomic E-state index is 0.808. The number of nitrogens with one attached hydrogen (secondary N) is 2. The summed E-state index contributed by atoms with van der Waals surface area (Å²) in [5.41, 5.74) is 2.74. The molecule has 1 saturated carbocycles. The topological polar surface area (TPSA) is 48.9 Å². The average molecular weight is 373 g/mol. The van der Waals surface area contributed by atoms with Gasteiger partial charge in [0.2, 0.25) is 0 Å². The van der Waals surface area contributed by atoms with Gasteiger partial charge in [-0.25, -0.2) is 0 Å². The molecule has 2 N–H and O–H groups in total. The van der Waals surface area contributed by atoms with Gasteiger partial charge >= 0.3 is 0 Å². The van der Waals surface area contributed by atoms with E-state index < -0.39 is 0 Å². The molecule has 150 valence electrons. The summed E-state index contributed by atoms with van der Waals surface area (Å²) in [6, 6.07) is 8.72. The number of aliphatic imine (C=N–C) groups is 1. The molecule has 2 fully saturated rings. The number of ether oxygens (including phenoxy) is 1. The Balaban J connectivity index is 1.42. The first-order valence-electron chi connectivity index (χ1n) is 10.7. The number of benzene rings is 1. The van der Waals surface area contributed by atoms with Gasteiger partial charge in [-0.3, -0.25) is 9.89 Å². The molecular weight excluding hydrogens is 336 g/mol. The summed E-state index contributed by atoms with van der Waals surface area (Å²) >= 11 is 0. The molecule has 1 aliphatic carbocycles. The maximum atomic E-state index is 5.46. The molecule has 0 radical (unpaired) electrons. The fourth-order valence-corrected chi connectivity index (χ4v) is 4.18. The van der Waals surface area contributed by atoms with Crippen LogP contribution >= 0.6 is 0 Å². The van der Waals surface area contributed by atoms with Gasteiger partial charge in [-0.2, -0.15) is 0 Å². The Kier molecular flexibility index (Phi) is 8.43. The Bertz CT molecular complexity index is 577. The Morgan fingerprint density at radius 3 is 2.59 bits per heavy atom. The Morgan fingerprint density at radius 1 is 1.11 bits per heavy atom. The van der Waals surface area contributed by atoms with Gasteiger partial charge in [0, 0.05) is 39.8 Å². The monoisotopic (exact) mass is 372 g/mol. The minimum atomic E-state index is 0.808. The third kappa shape index (κ3) is 6.82. The van der Waals surface area contributed by atoms with Crippen molar-refractivity contribution in [2.75, 3.05) is 39.9 Å². The van der Waals surface area contributed by atoms with Gasteiger partial charge in [-0.05, 0) is 29.9 Å². The van der Waals surface area contributed by atoms with Crippen molar-refractivity contribution >= 4 is 5.96 Å². The van der Waals surface area contributed by atoms with Crippen molar-refractivity contribution in [2.24, 2.45) is 10.9 Å². The van der Waals surface area contributed by atoms with E-state index in [2.05, 4.69) is 44.8 Å². The smallest absolute Gasteiger partial charge is 0.191 e. The maximum absolute atomic E-state index is 5.46. The number of hydrogen-bond acceptors (Lipinski definition) is 3. The molecule has 5 heteroatoms.